The van der Waals surface area contributed by atoms with Gasteiger partial charge in [0.15, 0.2) is 0 Å². The van der Waals surface area contributed by atoms with Gasteiger partial charge in [0.2, 0.25) is 0 Å². The Morgan fingerprint density at radius 3 is 2.71 bits per heavy atom. The van der Waals surface area contributed by atoms with Crippen LogP contribution in [0.25, 0.3) is 5.69 Å². The molecule has 7 nitrogen and oxygen atoms in total. The minimum Gasteiger partial charge on any atom is -0.508 e. The molecule has 0 fully saturated rings. The Hall–Kier alpha value is -2.80. The molecule has 24 heavy (non-hydrogen) atoms. The molecule has 8 heteroatoms. The van der Waals surface area contributed by atoms with Crippen LogP contribution in [0.2, 0.25) is 5.02 Å². The number of ether oxygens (including phenoxy) is 1. The van der Waals surface area contributed by atoms with Crippen LogP contribution in [-0.4, -0.2) is 24.9 Å². The van der Waals surface area contributed by atoms with Gasteiger partial charge in [0.25, 0.3) is 0 Å². The normalized spacial score (nSPS) is 10.8. The predicted octanol–water partition coefficient (Wildman–Crippen LogP) is 2.21. The fraction of sp³-hybridized carbons (Fsp3) is 0.188. The highest BCUT2D eigenvalue weighted by Crippen LogP contribution is 2.32. The zero-order valence-corrected chi connectivity index (χ0v) is 13.9. The third-order valence-electron chi connectivity index (χ3n) is 3.58. The van der Waals surface area contributed by atoms with Crippen molar-refractivity contribution in [3.8, 4) is 17.2 Å². The molecule has 0 radical (unpaired) electrons. The second-order valence-corrected chi connectivity index (χ2v) is 5.69. The van der Waals surface area contributed by atoms with E-state index in [0.29, 0.717) is 22.0 Å². The Morgan fingerprint density at radius 2 is 2.00 bits per heavy atom. The molecule has 2 aromatic carbocycles. The summed E-state index contributed by atoms with van der Waals surface area (Å²) in [5, 5.41) is 17.5. The number of phenolic OH excluding ortho intramolecular Hbond substituents is 1. The van der Waals surface area contributed by atoms with E-state index in [1.807, 2.05) is 12.1 Å². The van der Waals surface area contributed by atoms with E-state index in [2.05, 4.69) is 10.4 Å². The Kier molecular flexibility index (Phi) is 4.26. The molecule has 0 aliphatic heterocycles. The summed E-state index contributed by atoms with van der Waals surface area (Å²) in [6.45, 7) is 1.94. The van der Waals surface area contributed by atoms with Crippen LogP contribution in [0.1, 0.15) is 11.1 Å². The van der Waals surface area contributed by atoms with Crippen molar-refractivity contribution >= 4 is 11.6 Å². The first-order valence-corrected chi connectivity index (χ1v) is 7.54. The fourth-order valence-corrected chi connectivity index (χ4v) is 2.43. The largest absolute Gasteiger partial charge is 0.508 e. The molecular weight excluding hydrogens is 332 g/mol. The van der Waals surface area contributed by atoms with Gasteiger partial charge in [0.05, 0.1) is 10.7 Å². The van der Waals surface area contributed by atoms with Crippen molar-refractivity contribution in [1.82, 2.24) is 19.8 Å². The number of tetrazole rings is 1. The van der Waals surface area contributed by atoms with Gasteiger partial charge in [-0.1, -0.05) is 29.8 Å². The third kappa shape index (κ3) is 2.98. The molecular formula is C16H15ClN4O3. The van der Waals surface area contributed by atoms with Crippen LogP contribution < -0.4 is 10.4 Å². The molecule has 0 spiro atoms. The van der Waals surface area contributed by atoms with E-state index >= 15 is 0 Å². The summed E-state index contributed by atoms with van der Waals surface area (Å²) in [6.07, 6.45) is 0. The van der Waals surface area contributed by atoms with Crippen molar-refractivity contribution in [3.63, 3.8) is 0 Å². The molecule has 0 atom stereocenters. The Bertz CT molecular complexity index is 949. The first-order chi connectivity index (χ1) is 11.5. The van der Waals surface area contributed by atoms with Crippen LogP contribution >= 0.6 is 11.6 Å². The van der Waals surface area contributed by atoms with Crippen molar-refractivity contribution in [3.05, 3.63) is 63.0 Å². The highest BCUT2D eigenvalue weighted by molar-refractivity contribution is 6.32. The van der Waals surface area contributed by atoms with E-state index in [0.717, 1.165) is 10.2 Å². The maximum atomic E-state index is 12.0. The first-order valence-electron chi connectivity index (χ1n) is 7.16. The lowest BCUT2D eigenvalue weighted by Gasteiger charge is -2.12. The lowest BCUT2D eigenvalue weighted by molar-refractivity contribution is 0.305. The van der Waals surface area contributed by atoms with Crippen molar-refractivity contribution in [2.45, 2.75) is 13.5 Å². The molecule has 0 aliphatic rings. The lowest BCUT2D eigenvalue weighted by Crippen LogP contribution is -2.23. The zero-order valence-electron chi connectivity index (χ0n) is 13.1. The Morgan fingerprint density at radius 1 is 1.25 bits per heavy atom. The molecule has 3 rings (SSSR count). The quantitative estimate of drug-likeness (QED) is 0.783. The Labute approximate surface area is 142 Å². The van der Waals surface area contributed by atoms with E-state index in [9.17, 15) is 9.90 Å². The summed E-state index contributed by atoms with van der Waals surface area (Å²) in [4.78, 5) is 12.0. The zero-order chi connectivity index (χ0) is 17.3. The summed E-state index contributed by atoms with van der Waals surface area (Å²) in [5.74, 6) is 0.562. The molecule has 0 unspecified atom stereocenters. The molecule has 0 aliphatic carbocycles. The number of aromatic hydroxyl groups is 1. The summed E-state index contributed by atoms with van der Waals surface area (Å²) in [6, 6.07) is 10.3. The van der Waals surface area contributed by atoms with Crippen LogP contribution in [0.3, 0.4) is 0 Å². The predicted molar refractivity (Wildman–Crippen MR) is 88.8 cm³/mol. The van der Waals surface area contributed by atoms with Crippen LogP contribution in [0.4, 0.5) is 0 Å². The summed E-state index contributed by atoms with van der Waals surface area (Å²) in [5.41, 5.74) is 1.65. The number of phenols is 1. The molecule has 0 saturated heterocycles. The Balaban J connectivity index is 1.91. The van der Waals surface area contributed by atoms with Gasteiger partial charge in [-0.05, 0) is 35.0 Å². The van der Waals surface area contributed by atoms with Crippen molar-refractivity contribution < 1.29 is 9.84 Å². The molecule has 1 aromatic heterocycles. The van der Waals surface area contributed by atoms with Gasteiger partial charge in [-0.2, -0.15) is 9.36 Å². The maximum absolute atomic E-state index is 12.0. The first kappa shape index (κ1) is 16.1. The highest BCUT2D eigenvalue weighted by atomic mass is 35.5. The van der Waals surface area contributed by atoms with Gasteiger partial charge in [-0.25, -0.2) is 4.79 Å². The lowest BCUT2D eigenvalue weighted by atomic mass is 10.2. The molecule has 1 N–H and O–H groups in total. The molecule has 1 heterocycles. The van der Waals surface area contributed by atoms with Crippen LogP contribution in [-0.2, 0) is 13.7 Å². The summed E-state index contributed by atoms with van der Waals surface area (Å²) in [7, 11) is 1.53. The number of hydrogen-bond acceptors (Lipinski definition) is 5. The minimum absolute atomic E-state index is 0.110. The number of halogens is 1. The standard InChI is InChI=1S/C16H15ClN4O3/c1-10-7-15(12(17)8-14(10)22)24-9-11-5-3-4-6-13(11)21-16(23)20(2)18-19-21/h3-8,22H,9H2,1-2H3. The third-order valence-corrected chi connectivity index (χ3v) is 3.87. The smallest absolute Gasteiger partial charge is 0.368 e. The van der Waals surface area contributed by atoms with E-state index in [1.54, 1.807) is 25.1 Å². The SMILES string of the molecule is Cc1cc(OCc2ccccc2-n2nnn(C)c2=O)c(Cl)cc1O. The van der Waals surface area contributed by atoms with E-state index < -0.39 is 0 Å². The van der Waals surface area contributed by atoms with Gasteiger partial charge >= 0.3 is 5.69 Å². The van der Waals surface area contributed by atoms with Crippen LogP contribution in [0.15, 0.2) is 41.2 Å². The number of rotatable bonds is 4. The van der Waals surface area contributed by atoms with Gasteiger partial charge in [-0.15, -0.1) is 0 Å². The number of aromatic nitrogens is 4. The molecule has 0 amide bonds. The van der Waals surface area contributed by atoms with Crippen LogP contribution in [0.5, 0.6) is 11.5 Å². The van der Waals surface area contributed by atoms with Crippen molar-refractivity contribution in [2.75, 3.05) is 0 Å². The average molecular weight is 347 g/mol. The van der Waals surface area contributed by atoms with Crippen LogP contribution in [0, 0.1) is 6.92 Å². The van der Waals surface area contributed by atoms with E-state index in [1.165, 1.54) is 17.8 Å². The number of aryl methyl sites for hydroxylation is 2. The van der Waals surface area contributed by atoms with Crippen molar-refractivity contribution in [1.29, 1.82) is 0 Å². The molecule has 124 valence electrons. The highest BCUT2D eigenvalue weighted by Gasteiger charge is 2.12. The number of nitrogens with zero attached hydrogens (tertiary/aromatic N) is 4. The monoisotopic (exact) mass is 346 g/mol. The van der Waals surface area contributed by atoms with Crippen molar-refractivity contribution in [2.24, 2.45) is 7.05 Å². The number of hydrogen-bond donors (Lipinski definition) is 1. The van der Waals surface area contributed by atoms with Gasteiger partial charge in [0, 0.05) is 18.7 Å². The summed E-state index contributed by atoms with van der Waals surface area (Å²) >= 11 is 6.09. The van der Waals surface area contributed by atoms with Gasteiger partial charge < -0.3 is 9.84 Å². The average Bonchev–Trinajstić information content (AvgIpc) is 2.89. The van der Waals surface area contributed by atoms with E-state index in [4.69, 9.17) is 16.3 Å². The molecule has 3 aromatic rings. The minimum atomic E-state index is -0.346. The second kappa shape index (κ2) is 6.37. The molecule has 0 saturated carbocycles. The maximum Gasteiger partial charge on any atom is 0.368 e. The number of benzene rings is 2. The number of para-hydroxylation sites is 1. The topological polar surface area (TPSA) is 82.2 Å². The van der Waals surface area contributed by atoms with Gasteiger partial charge in [-0.3, -0.25) is 0 Å². The second-order valence-electron chi connectivity index (χ2n) is 5.28. The van der Waals surface area contributed by atoms with Gasteiger partial charge in [0.1, 0.15) is 18.1 Å². The summed E-state index contributed by atoms with van der Waals surface area (Å²) < 4.78 is 8.12. The van der Waals surface area contributed by atoms with E-state index in [-0.39, 0.29) is 18.0 Å². The molecule has 0 bridgehead atoms. The fourth-order valence-electron chi connectivity index (χ4n) is 2.21.